The van der Waals surface area contributed by atoms with Crippen LogP contribution in [0.1, 0.15) is 44.5 Å². The quantitative estimate of drug-likeness (QED) is 0.752. The number of nitrogens with one attached hydrogen (secondary N) is 2. The van der Waals surface area contributed by atoms with E-state index in [2.05, 4.69) is 10.6 Å². The van der Waals surface area contributed by atoms with Gasteiger partial charge in [0.15, 0.2) is 0 Å². The molecule has 0 aromatic heterocycles. The number of hydrogen-bond acceptors (Lipinski definition) is 3. The molecule has 1 rings (SSSR count). The highest BCUT2D eigenvalue weighted by atomic mass is 35.5. The molecule has 0 aliphatic rings. The van der Waals surface area contributed by atoms with Gasteiger partial charge in [-0.2, -0.15) is 0 Å². The van der Waals surface area contributed by atoms with Gasteiger partial charge in [0.25, 0.3) is 5.91 Å². The minimum atomic E-state index is -0.509. The lowest BCUT2D eigenvalue weighted by Crippen LogP contribution is -2.45. The van der Waals surface area contributed by atoms with Gasteiger partial charge in [-0.05, 0) is 38.0 Å². The standard InChI is InChI=1S/C16H24ClN3O2/c1-10(2)7-14(21)20-11-5-6-13(17)12(8-11)15(22)19-9-16(3,4)18/h5-6,8,10H,7,9,18H2,1-4H3,(H,19,22)(H,20,21). The molecular formula is C16H24ClN3O2. The molecule has 0 aliphatic heterocycles. The van der Waals surface area contributed by atoms with Crippen molar-refractivity contribution in [3.63, 3.8) is 0 Å². The molecule has 1 aromatic rings. The summed E-state index contributed by atoms with van der Waals surface area (Å²) >= 11 is 6.06. The summed E-state index contributed by atoms with van der Waals surface area (Å²) in [6, 6.07) is 4.83. The third-order valence-electron chi connectivity index (χ3n) is 2.79. The van der Waals surface area contributed by atoms with Crippen LogP contribution in [0, 0.1) is 5.92 Å². The second kappa shape index (κ2) is 7.61. The number of amides is 2. The van der Waals surface area contributed by atoms with Crippen LogP contribution < -0.4 is 16.4 Å². The average molecular weight is 326 g/mol. The number of carbonyl (C=O) groups excluding carboxylic acids is 2. The average Bonchev–Trinajstić information content (AvgIpc) is 2.36. The minimum Gasteiger partial charge on any atom is -0.350 e. The molecule has 4 N–H and O–H groups in total. The number of carbonyl (C=O) groups is 2. The van der Waals surface area contributed by atoms with Gasteiger partial charge in [0.1, 0.15) is 0 Å². The second-order valence-electron chi connectivity index (χ2n) is 6.51. The van der Waals surface area contributed by atoms with Gasteiger partial charge < -0.3 is 16.4 Å². The van der Waals surface area contributed by atoms with Crippen LogP contribution in [0.3, 0.4) is 0 Å². The Balaban J connectivity index is 2.81. The van der Waals surface area contributed by atoms with Gasteiger partial charge in [-0.25, -0.2) is 0 Å². The molecular weight excluding hydrogens is 302 g/mol. The third-order valence-corrected chi connectivity index (χ3v) is 3.12. The van der Waals surface area contributed by atoms with E-state index in [1.807, 2.05) is 27.7 Å². The first-order chi connectivity index (χ1) is 10.1. The van der Waals surface area contributed by atoms with Crippen LogP contribution in [-0.4, -0.2) is 23.9 Å². The molecule has 0 fully saturated rings. The van der Waals surface area contributed by atoms with Crippen molar-refractivity contribution in [1.29, 1.82) is 0 Å². The lowest BCUT2D eigenvalue weighted by atomic mass is 10.1. The second-order valence-corrected chi connectivity index (χ2v) is 6.92. The Labute approximate surface area is 136 Å². The fourth-order valence-corrected chi connectivity index (χ4v) is 1.97. The summed E-state index contributed by atoms with van der Waals surface area (Å²) in [4.78, 5) is 23.9. The van der Waals surface area contributed by atoms with Gasteiger partial charge >= 0.3 is 0 Å². The van der Waals surface area contributed by atoms with Gasteiger partial charge in [-0.15, -0.1) is 0 Å². The molecule has 0 aliphatic carbocycles. The third kappa shape index (κ3) is 6.45. The van der Waals surface area contributed by atoms with Crippen molar-refractivity contribution in [2.75, 3.05) is 11.9 Å². The molecule has 22 heavy (non-hydrogen) atoms. The van der Waals surface area contributed by atoms with Crippen molar-refractivity contribution in [2.24, 2.45) is 11.7 Å². The van der Waals surface area contributed by atoms with E-state index in [4.69, 9.17) is 17.3 Å². The zero-order valence-corrected chi connectivity index (χ0v) is 14.3. The lowest BCUT2D eigenvalue weighted by molar-refractivity contribution is -0.116. The number of rotatable bonds is 6. The normalized spacial score (nSPS) is 11.4. The molecule has 0 bridgehead atoms. The number of anilines is 1. The fraction of sp³-hybridized carbons (Fsp3) is 0.500. The summed E-state index contributed by atoms with van der Waals surface area (Å²) in [6.07, 6.45) is 0.422. The Morgan fingerprint density at radius 1 is 1.32 bits per heavy atom. The SMILES string of the molecule is CC(C)CC(=O)Nc1ccc(Cl)c(C(=O)NCC(C)(C)N)c1. The summed E-state index contributed by atoms with van der Waals surface area (Å²) in [7, 11) is 0. The highest BCUT2D eigenvalue weighted by Gasteiger charge is 2.16. The first kappa shape index (κ1) is 18.5. The van der Waals surface area contributed by atoms with Crippen LogP contribution in [0.4, 0.5) is 5.69 Å². The van der Waals surface area contributed by atoms with Crippen LogP contribution in [0.5, 0.6) is 0 Å². The maximum atomic E-state index is 12.2. The Kier molecular flexibility index (Phi) is 6.38. The smallest absolute Gasteiger partial charge is 0.252 e. The highest BCUT2D eigenvalue weighted by molar-refractivity contribution is 6.34. The van der Waals surface area contributed by atoms with Crippen molar-refractivity contribution in [2.45, 2.75) is 39.7 Å². The highest BCUT2D eigenvalue weighted by Crippen LogP contribution is 2.21. The molecule has 0 radical (unpaired) electrons. The predicted molar refractivity (Wildman–Crippen MR) is 90.1 cm³/mol. The van der Waals surface area contributed by atoms with E-state index in [0.717, 1.165) is 0 Å². The number of benzene rings is 1. The van der Waals surface area contributed by atoms with Crippen molar-refractivity contribution in [3.05, 3.63) is 28.8 Å². The van der Waals surface area contributed by atoms with Crippen molar-refractivity contribution in [3.8, 4) is 0 Å². The minimum absolute atomic E-state index is 0.0910. The topological polar surface area (TPSA) is 84.2 Å². The van der Waals surface area contributed by atoms with Gasteiger partial charge in [0, 0.05) is 24.2 Å². The largest absolute Gasteiger partial charge is 0.350 e. The van der Waals surface area contributed by atoms with Crippen molar-refractivity contribution in [1.82, 2.24) is 5.32 Å². The molecule has 122 valence electrons. The summed E-state index contributed by atoms with van der Waals surface area (Å²) in [5, 5.41) is 5.83. The summed E-state index contributed by atoms with van der Waals surface area (Å²) in [5.41, 5.74) is 6.19. The van der Waals surface area contributed by atoms with E-state index in [1.165, 1.54) is 0 Å². The van der Waals surface area contributed by atoms with Crippen LogP contribution in [0.2, 0.25) is 5.02 Å². The molecule has 0 saturated carbocycles. The first-order valence-electron chi connectivity index (χ1n) is 7.25. The molecule has 1 aromatic carbocycles. The van der Waals surface area contributed by atoms with Crippen LogP contribution in [0.25, 0.3) is 0 Å². The van der Waals surface area contributed by atoms with Crippen LogP contribution >= 0.6 is 11.6 Å². The summed E-state index contributed by atoms with van der Waals surface area (Å²) in [5.74, 6) is -0.142. The number of halogens is 1. The van der Waals surface area contributed by atoms with Crippen LogP contribution in [0.15, 0.2) is 18.2 Å². The molecule has 2 amide bonds. The Bertz CT molecular complexity index is 551. The van der Waals surface area contributed by atoms with E-state index < -0.39 is 5.54 Å². The summed E-state index contributed by atoms with van der Waals surface area (Å²) < 4.78 is 0. The first-order valence-corrected chi connectivity index (χ1v) is 7.63. The molecule has 0 saturated heterocycles. The van der Waals surface area contributed by atoms with Crippen molar-refractivity contribution >= 4 is 29.1 Å². The summed E-state index contributed by atoms with van der Waals surface area (Å²) in [6.45, 7) is 7.89. The Morgan fingerprint density at radius 3 is 2.50 bits per heavy atom. The van der Waals surface area contributed by atoms with Gasteiger partial charge in [-0.3, -0.25) is 9.59 Å². The lowest BCUT2D eigenvalue weighted by Gasteiger charge is -2.19. The molecule has 0 atom stereocenters. The molecule has 0 unspecified atom stereocenters. The van der Waals surface area contributed by atoms with Gasteiger partial charge in [0.2, 0.25) is 5.91 Å². The van der Waals surface area contributed by atoms with E-state index in [1.54, 1.807) is 18.2 Å². The van der Waals surface area contributed by atoms with Gasteiger partial charge in [-0.1, -0.05) is 25.4 Å². The maximum Gasteiger partial charge on any atom is 0.252 e. The zero-order chi connectivity index (χ0) is 16.9. The van der Waals surface area contributed by atoms with E-state index in [-0.39, 0.29) is 17.7 Å². The van der Waals surface area contributed by atoms with Crippen molar-refractivity contribution < 1.29 is 9.59 Å². The monoisotopic (exact) mass is 325 g/mol. The number of hydrogen-bond donors (Lipinski definition) is 3. The predicted octanol–water partition coefficient (Wildman–Crippen LogP) is 2.79. The maximum absolute atomic E-state index is 12.2. The van der Waals surface area contributed by atoms with Gasteiger partial charge in [0.05, 0.1) is 10.6 Å². The molecule has 0 heterocycles. The van der Waals surface area contributed by atoms with E-state index in [0.29, 0.717) is 29.2 Å². The molecule has 6 heteroatoms. The molecule has 0 spiro atoms. The Morgan fingerprint density at radius 2 is 1.95 bits per heavy atom. The number of nitrogens with two attached hydrogens (primary N) is 1. The Hall–Kier alpha value is -1.59. The van der Waals surface area contributed by atoms with E-state index >= 15 is 0 Å². The van der Waals surface area contributed by atoms with Crippen LogP contribution in [-0.2, 0) is 4.79 Å². The van der Waals surface area contributed by atoms with E-state index in [9.17, 15) is 9.59 Å². The fourth-order valence-electron chi connectivity index (χ4n) is 1.76. The molecule has 5 nitrogen and oxygen atoms in total. The zero-order valence-electron chi connectivity index (χ0n) is 13.5.